The fourth-order valence-electron chi connectivity index (χ4n) is 6.70. The second-order valence-corrected chi connectivity index (χ2v) is 16.5. The average molecular weight is 861 g/mol. The quantitative estimate of drug-likeness (QED) is 0.0263. The van der Waals surface area contributed by atoms with Gasteiger partial charge in [0, 0.05) is 19.3 Å². The number of hydrogen-bond acceptors (Lipinski definition) is 6. The number of hydrogen-bond donors (Lipinski definition) is 0. The second kappa shape index (κ2) is 50.0. The van der Waals surface area contributed by atoms with Crippen LogP contribution in [0.2, 0.25) is 0 Å². The van der Waals surface area contributed by atoms with Gasteiger partial charge in [-0.2, -0.15) is 0 Å². The highest BCUT2D eigenvalue weighted by molar-refractivity contribution is 5.71. The molecule has 0 radical (unpaired) electrons. The smallest absolute Gasteiger partial charge is 0.306 e. The summed E-state index contributed by atoms with van der Waals surface area (Å²) in [5, 5.41) is 0. The first-order chi connectivity index (χ1) is 30.5. The van der Waals surface area contributed by atoms with Gasteiger partial charge in [-0.3, -0.25) is 14.4 Å². The molecular weight excluding hydrogens is 769 g/mol. The van der Waals surface area contributed by atoms with Crippen molar-refractivity contribution in [3.63, 3.8) is 0 Å². The maximum Gasteiger partial charge on any atom is 0.306 e. The van der Waals surface area contributed by atoms with E-state index >= 15 is 0 Å². The minimum atomic E-state index is -0.800. The summed E-state index contributed by atoms with van der Waals surface area (Å²) in [6, 6.07) is 0. The largest absolute Gasteiger partial charge is 0.462 e. The van der Waals surface area contributed by atoms with Crippen LogP contribution in [0.1, 0.15) is 220 Å². The number of unbranched alkanes of at least 4 members (excludes halogenated alkanes) is 23. The van der Waals surface area contributed by atoms with E-state index in [0.29, 0.717) is 19.3 Å². The van der Waals surface area contributed by atoms with Crippen LogP contribution in [-0.2, 0) is 28.6 Å². The minimum Gasteiger partial charge on any atom is -0.462 e. The van der Waals surface area contributed by atoms with Crippen LogP contribution in [0.4, 0.5) is 0 Å². The van der Waals surface area contributed by atoms with E-state index in [9.17, 15) is 14.4 Å². The molecule has 0 rings (SSSR count). The molecule has 0 aliphatic rings. The van der Waals surface area contributed by atoms with Crippen molar-refractivity contribution in [3.05, 3.63) is 97.2 Å². The first kappa shape index (κ1) is 58.3. The summed E-state index contributed by atoms with van der Waals surface area (Å²) in [5.74, 6) is -0.957. The van der Waals surface area contributed by atoms with E-state index < -0.39 is 6.10 Å². The SMILES string of the molecule is CC\C=C/C=C\C=C/C=C\C=C\C=C/CCCCCC(=O)OCC(COC(=O)CCCCCCCCCCCCCC)OC(=O)CCCCCCCC/C=C\C=C/CCCCC. The lowest BCUT2D eigenvalue weighted by Gasteiger charge is -2.18. The Labute approximate surface area is 381 Å². The Morgan fingerprint density at radius 2 is 0.629 bits per heavy atom. The fourth-order valence-corrected chi connectivity index (χ4v) is 6.70. The standard InChI is InChI=1S/C56H92O6/c1-4-7-10-13-16-19-22-25-27-28-30-31-34-37-40-43-46-49-55(58)61-52-53(51-60-54(57)48-45-42-39-36-33-24-21-18-15-12-9-6-3)62-56(59)50-47-44-41-38-35-32-29-26-23-20-17-14-11-8-5-2/h7,10,13,16-17,19-20,22-23,25-28,30-31,34,53H,4-6,8-9,11-12,14-15,18,21,24,29,32-33,35-52H2,1-3H3/b10-7-,16-13-,20-17-,22-19-,26-23-,27-25-,30-28+,34-31-. The monoisotopic (exact) mass is 861 g/mol. The summed E-state index contributed by atoms with van der Waals surface area (Å²) in [6.07, 6.45) is 65.2. The van der Waals surface area contributed by atoms with E-state index in [-0.39, 0.29) is 31.1 Å². The van der Waals surface area contributed by atoms with Crippen LogP contribution < -0.4 is 0 Å². The molecule has 0 amide bonds. The van der Waals surface area contributed by atoms with Gasteiger partial charge in [-0.15, -0.1) is 0 Å². The van der Waals surface area contributed by atoms with E-state index in [1.165, 1.54) is 96.3 Å². The van der Waals surface area contributed by atoms with Crippen molar-refractivity contribution >= 4 is 17.9 Å². The lowest BCUT2D eigenvalue weighted by atomic mass is 10.0. The van der Waals surface area contributed by atoms with Gasteiger partial charge in [0.1, 0.15) is 13.2 Å². The zero-order valence-corrected chi connectivity index (χ0v) is 40.1. The highest BCUT2D eigenvalue weighted by Crippen LogP contribution is 2.14. The van der Waals surface area contributed by atoms with Crippen LogP contribution in [0.15, 0.2) is 97.2 Å². The Kier molecular flexibility index (Phi) is 47.0. The number of rotatable bonds is 44. The van der Waals surface area contributed by atoms with Crippen LogP contribution >= 0.6 is 0 Å². The van der Waals surface area contributed by atoms with E-state index in [2.05, 4.69) is 57.2 Å². The van der Waals surface area contributed by atoms with E-state index in [4.69, 9.17) is 14.2 Å². The van der Waals surface area contributed by atoms with Crippen molar-refractivity contribution in [2.45, 2.75) is 226 Å². The van der Waals surface area contributed by atoms with Gasteiger partial charge in [-0.05, 0) is 64.2 Å². The summed E-state index contributed by atoms with van der Waals surface area (Å²) in [7, 11) is 0. The summed E-state index contributed by atoms with van der Waals surface area (Å²) in [6.45, 7) is 6.40. The normalized spacial score (nSPS) is 12.9. The Bertz CT molecular complexity index is 1260. The third-order valence-corrected chi connectivity index (χ3v) is 10.5. The van der Waals surface area contributed by atoms with Gasteiger partial charge in [-0.1, -0.05) is 234 Å². The maximum atomic E-state index is 12.8. The Morgan fingerprint density at radius 1 is 0.339 bits per heavy atom. The molecule has 0 aromatic rings. The van der Waals surface area contributed by atoms with Crippen molar-refractivity contribution in [1.82, 2.24) is 0 Å². The molecule has 1 unspecified atom stereocenters. The first-order valence-electron chi connectivity index (χ1n) is 25.3. The Balaban J connectivity index is 4.51. The summed E-state index contributed by atoms with van der Waals surface area (Å²) in [5.41, 5.74) is 0. The molecule has 1 atom stereocenters. The van der Waals surface area contributed by atoms with Crippen LogP contribution in [0.25, 0.3) is 0 Å². The molecule has 0 heterocycles. The number of esters is 3. The molecule has 0 spiro atoms. The molecule has 0 fully saturated rings. The third-order valence-electron chi connectivity index (χ3n) is 10.5. The van der Waals surface area contributed by atoms with Crippen molar-refractivity contribution in [1.29, 1.82) is 0 Å². The fraction of sp³-hybridized carbons (Fsp3) is 0.661. The molecular formula is C56H92O6. The minimum absolute atomic E-state index is 0.0965. The van der Waals surface area contributed by atoms with Gasteiger partial charge < -0.3 is 14.2 Å². The molecule has 0 bridgehead atoms. The van der Waals surface area contributed by atoms with Crippen LogP contribution in [0.5, 0.6) is 0 Å². The van der Waals surface area contributed by atoms with E-state index in [1.807, 2.05) is 60.8 Å². The van der Waals surface area contributed by atoms with Gasteiger partial charge in [0.2, 0.25) is 0 Å². The van der Waals surface area contributed by atoms with Gasteiger partial charge in [-0.25, -0.2) is 0 Å². The van der Waals surface area contributed by atoms with Crippen LogP contribution in [0, 0.1) is 0 Å². The van der Waals surface area contributed by atoms with Crippen molar-refractivity contribution in [2.75, 3.05) is 13.2 Å². The van der Waals surface area contributed by atoms with Gasteiger partial charge in [0.05, 0.1) is 0 Å². The molecule has 0 aromatic carbocycles. The third kappa shape index (κ3) is 47.4. The lowest BCUT2D eigenvalue weighted by molar-refractivity contribution is -0.167. The highest BCUT2D eigenvalue weighted by atomic mass is 16.6. The van der Waals surface area contributed by atoms with E-state index in [1.54, 1.807) is 0 Å². The average Bonchev–Trinajstić information content (AvgIpc) is 3.27. The highest BCUT2D eigenvalue weighted by Gasteiger charge is 2.19. The molecule has 0 N–H and O–H groups in total. The molecule has 0 aliphatic heterocycles. The number of carbonyl (C=O) groups excluding carboxylic acids is 3. The molecule has 6 heteroatoms. The summed E-state index contributed by atoms with van der Waals surface area (Å²) in [4.78, 5) is 37.9. The molecule has 0 aromatic heterocycles. The predicted molar refractivity (Wildman–Crippen MR) is 265 cm³/mol. The van der Waals surface area contributed by atoms with Crippen LogP contribution in [-0.4, -0.2) is 37.2 Å². The predicted octanol–water partition coefficient (Wildman–Crippen LogP) is 16.6. The Hall–Kier alpha value is -3.67. The zero-order valence-electron chi connectivity index (χ0n) is 40.1. The maximum absolute atomic E-state index is 12.8. The summed E-state index contributed by atoms with van der Waals surface area (Å²) >= 11 is 0. The number of carbonyl (C=O) groups is 3. The topological polar surface area (TPSA) is 78.9 Å². The lowest BCUT2D eigenvalue weighted by Crippen LogP contribution is -2.30. The van der Waals surface area contributed by atoms with Crippen molar-refractivity contribution in [3.8, 4) is 0 Å². The molecule has 6 nitrogen and oxygen atoms in total. The van der Waals surface area contributed by atoms with Crippen molar-refractivity contribution in [2.24, 2.45) is 0 Å². The first-order valence-corrected chi connectivity index (χ1v) is 25.3. The number of ether oxygens (including phenoxy) is 3. The zero-order chi connectivity index (χ0) is 45.1. The van der Waals surface area contributed by atoms with Crippen molar-refractivity contribution < 1.29 is 28.6 Å². The second-order valence-electron chi connectivity index (χ2n) is 16.5. The summed E-state index contributed by atoms with van der Waals surface area (Å²) < 4.78 is 16.7. The van der Waals surface area contributed by atoms with Gasteiger partial charge in [0.25, 0.3) is 0 Å². The molecule has 62 heavy (non-hydrogen) atoms. The Morgan fingerprint density at radius 3 is 1.05 bits per heavy atom. The molecule has 0 aliphatic carbocycles. The number of allylic oxidation sites excluding steroid dienone is 16. The van der Waals surface area contributed by atoms with Gasteiger partial charge in [0.15, 0.2) is 6.10 Å². The van der Waals surface area contributed by atoms with Gasteiger partial charge >= 0.3 is 17.9 Å². The molecule has 0 saturated carbocycles. The molecule has 352 valence electrons. The van der Waals surface area contributed by atoms with Crippen LogP contribution in [0.3, 0.4) is 0 Å². The molecule has 0 saturated heterocycles. The van der Waals surface area contributed by atoms with E-state index in [0.717, 1.165) is 83.5 Å².